The zero-order valence-corrected chi connectivity index (χ0v) is 13.7. The van der Waals surface area contributed by atoms with E-state index in [0.717, 1.165) is 5.56 Å². The van der Waals surface area contributed by atoms with E-state index in [1.54, 1.807) is 26.0 Å². The summed E-state index contributed by atoms with van der Waals surface area (Å²) in [5.74, 6) is -0.935. The van der Waals surface area contributed by atoms with Gasteiger partial charge in [-0.3, -0.25) is 14.7 Å². The highest BCUT2D eigenvalue weighted by molar-refractivity contribution is 7.54. The molecule has 0 fully saturated rings. The molecular weight excluding hydrogens is 321 g/mol. The van der Waals surface area contributed by atoms with E-state index in [1.807, 2.05) is 18.2 Å². The molecule has 1 aromatic rings. The number of hydrogen-bond donors (Lipinski definition) is 1. The maximum Gasteiger partial charge on any atom is 0.366 e. The molecule has 1 aliphatic rings. The van der Waals surface area contributed by atoms with Crippen LogP contribution in [0.1, 0.15) is 19.4 Å². The number of nitrogens with zero attached hydrogens (tertiary/aromatic N) is 2. The van der Waals surface area contributed by atoms with Crippen molar-refractivity contribution in [3.63, 3.8) is 0 Å². The van der Waals surface area contributed by atoms with Crippen LogP contribution in [-0.2, 0) is 13.6 Å². The standard InChI is InChI=1S/C14H18N3O5P/c1-3-21-23(20,22-4-2)14-12(17(18)19)10-15-13(16-14)11-8-6-5-7-9-11/h5-10,14H,3-4H2,1-2H3,(H,15,16). The minimum Gasteiger partial charge on any atom is -0.341 e. The number of benzene rings is 1. The second-order valence-corrected chi connectivity index (χ2v) is 6.65. The zero-order valence-electron chi connectivity index (χ0n) is 12.8. The van der Waals surface area contributed by atoms with E-state index in [9.17, 15) is 14.7 Å². The van der Waals surface area contributed by atoms with Crippen LogP contribution in [0.5, 0.6) is 0 Å². The predicted molar refractivity (Wildman–Crippen MR) is 85.8 cm³/mol. The lowest BCUT2D eigenvalue weighted by Gasteiger charge is -2.24. The van der Waals surface area contributed by atoms with Gasteiger partial charge in [-0.1, -0.05) is 30.3 Å². The molecule has 0 aromatic heterocycles. The molecule has 1 heterocycles. The maximum atomic E-state index is 12.9. The molecule has 0 aliphatic carbocycles. The monoisotopic (exact) mass is 339 g/mol. The predicted octanol–water partition coefficient (Wildman–Crippen LogP) is 2.75. The Kier molecular flexibility index (Phi) is 5.65. The van der Waals surface area contributed by atoms with E-state index >= 15 is 0 Å². The summed E-state index contributed by atoms with van der Waals surface area (Å²) in [4.78, 5) is 14.9. The van der Waals surface area contributed by atoms with E-state index in [4.69, 9.17) is 9.05 Å². The minimum atomic E-state index is -3.80. The Morgan fingerprint density at radius 2 is 1.87 bits per heavy atom. The van der Waals surface area contributed by atoms with Crippen molar-refractivity contribution in [1.82, 2.24) is 5.32 Å². The van der Waals surface area contributed by atoms with Crippen LogP contribution in [0.3, 0.4) is 0 Å². The summed E-state index contributed by atoms with van der Waals surface area (Å²) in [5, 5.41) is 14.0. The first-order chi connectivity index (χ1) is 11.0. The van der Waals surface area contributed by atoms with E-state index in [1.165, 1.54) is 6.20 Å². The highest BCUT2D eigenvalue weighted by atomic mass is 31.2. The molecule has 0 saturated heterocycles. The summed E-state index contributed by atoms with van der Waals surface area (Å²) in [7, 11) is -3.80. The second-order valence-electron chi connectivity index (χ2n) is 4.56. The molecule has 1 N–H and O–H groups in total. The normalized spacial score (nSPS) is 17.9. The molecular formula is C14H18N3O5P. The average molecular weight is 339 g/mol. The molecule has 0 saturated carbocycles. The van der Waals surface area contributed by atoms with Crippen LogP contribution >= 0.6 is 7.60 Å². The molecule has 1 atom stereocenters. The molecule has 9 heteroatoms. The molecule has 0 bridgehead atoms. The summed E-state index contributed by atoms with van der Waals surface area (Å²) in [6, 6.07) is 9.05. The number of nitrogens with one attached hydrogen (secondary N) is 1. The van der Waals surface area contributed by atoms with Crippen molar-refractivity contribution < 1.29 is 18.5 Å². The van der Waals surface area contributed by atoms with E-state index in [2.05, 4.69) is 10.3 Å². The van der Waals surface area contributed by atoms with Crippen LogP contribution in [0.15, 0.2) is 47.2 Å². The molecule has 0 spiro atoms. The van der Waals surface area contributed by atoms with Gasteiger partial charge in [-0.05, 0) is 13.8 Å². The van der Waals surface area contributed by atoms with Crippen molar-refractivity contribution in [3.05, 3.63) is 57.9 Å². The van der Waals surface area contributed by atoms with Crippen molar-refractivity contribution >= 4 is 13.4 Å². The van der Waals surface area contributed by atoms with Crippen molar-refractivity contribution in [3.8, 4) is 0 Å². The molecule has 2 rings (SSSR count). The lowest BCUT2D eigenvalue weighted by Crippen LogP contribution is -2.32. The van der Waals surface area contributed by atoms with Crippen LogP contribution < -0.4 is 5.32 Å². The smallest absolute Gasteiger partial charge is 0.341 e. The third-order valence-electron chi connectivity index (χ3n) is 3.05. The first-order valence-electron chi connectivity index (χ1n) is 7.14. The first kappa shape index (κ1) is 17.3. The maximum absolute atomic E-state index is 12.9. The molecule has 1 aliphatic heterocycles. The summed E-state index contributed by atoms with van der Waals surface area (Å²) >= 11 is 0. The first-order valence-corrected chi connectivity index (χ1v) is 8.76. The number of rotatable bonds is 7. The van der Waals surface area contributed by atoms with Crippen molar-refractivity contribution in [2.45, 2.75) is 19.6 Å². The van der Waals surface area contributed by atoms with Gasteiger partial charge in [-0.15, -0.1) is 0 Å². The number of nitro groups is 1. The fraction of sp³-hybridized carbons (Fsp3) is 0.357. The molecule has 0 radical (unpaired) electrons. The molecule has 8 nitrogen and oxygen atoms in total. The van der Waals surface area contributed by atoms with Crippen molar-refractivity contribution in [2.24, 2.45) is 4.99 Å². The zero-order chi connectivity index (χ0) is 16.9. The highest BCUT2D eigenvalue weighted by Crippen LogP contribution is 2.56. The lowest BCUT2D eigenvalue weighted by molar-refractivity contribution is -0.428. The third kappa shape index (κ3) is 3.85. The van der Waals surface area contributed by atoms with Crippen LogP contribution in [0.2, 0.25) is 0 Å². The van der Waals surface area contributed by atoms with Gasteiger partial charge in [0.15, 0.2) is 0 Å². The van der Waals surface area contributed by atoms with E-state index in [-0.39, 0.29) is 18.9 Å². The van der Waals surface area contributed by atoms with E-state index < -0.39 is 18.3 Å². The lowest BCUT2D eigenvalue weighted by atomic mass is 10.2. The summed E-state index contributed by atoms with van der Waals surface area (Å²) < 4.78 is 23.4. The van der Waals surface area contributed by atoms with E-state index in [0.29, 0.717) is 5.84 Å². The quantitative estimate of drug-likeness (QED) is 0.465. The van der Waals surface area contributed by atoms with Gasteiger partial charge in [-0.2, -0.15) is 0 Å². The van der Waals surface area contributed by atoms with Gasteiger partial charge >= 0.3 is 7.60 Å². The summed E-state index contributed by atoms with van der Waals surface area (Å²) in [5.41, 5.74) is 0.366. The molecule has 124 valence electrons. The summed E-state index contributed by atoms with van der Waals surface area (Å²) in [6.45, 7) is 3.49. The van der Waals surface area contributed by atoms with Gasteiger partial charge in [0.05, 0.1) is 24.3 Å². The third-order valence-corrected chi connectivity index (χ3v) is 5.26. The number of hydrogen-bond acceptors (Lipinski definition) is 7. The fourth-order valence-corrected chi connectivity index (χ4v) is 3.94. The van der Waals surface area contributed by atoms with Gasteiger partial charge in [0, 0.05) is 5.56 Å². The molecule has 1 aromatic carbocycles. The van der Waals surface area contributed by atoms with Crippen molar-refractivity contribution in [2.75, 3.05) is 13.2 Å². The van der Waals surface area contributed by atoms with Gasteiger partial charge in [-0.25, -0.2) is 4.99 Å². The second kappa shape index (κ2) is 7.50. The van der Waals surface area contributed by atoms with Gasteiger partial charge in [0.1, 0.15) is 5.84 Å². The molecule has 1 unspecified atom stereocenters. The van der Waals surface area contributed by atoms with Gasteiger partial charge in [0.25, 0.3) is 5.70 Å². The average Bonchev–Trinajstić information content (AvgIpc) is 2.55. The Balaban J connectivity index is 2.46. The fourth-order valence-electron chi connectivity index (χ4n) is 2.11. The highest BCUT2D eigenvalue weighted by Gasteiger charge is 2.46. The SMILES string of the molecule is CCOP(=O)(OCC)C1N=C(c2ccccc2)NC=C1[N+](=O)[O-]. The van der Waals surface area contributed by atoms with Gasteiger partial charge in [0.2, 0.25) is 5.78 Å². The molecule has 0 amide bonds. The Labute approximate surface area is 133 Å². The minimum absolute atomic E-state index is 0.0996. The Hall–Kier alpha value is -2.02. The van der Waals surface area contributed by atoms with Crippen LogP contribution in [0.25, 0.3) is 0 Å². The van der Waals surface area contributed by atoms with Crippen molar-refractivity contribution in [1.29, 1.82) is 0 Å². The Morgan fingerprint density at radius 3 is 2.39 bits per heavy atom. The largest absolute Gasteiger partial charge is 0.366 e. The van der Waals surface area contributed by atoms with Gasteiger partial charge < -0.3 is 14.4 Å². The Morgan fingerprint density at radius 1 is 1.26 bits per heavy atom. The topological polar surface area (TPSA) is 103 Å². The Bertz CT molecular complexity index is 664. The van der Waals surface area contributed by atoms with Crippen LogP contribution in [0, 0.1) is 10.1 Å². The molecule has 23 heavy (non-hydrogen) atoms. The number of amidine groups is 1. The van der Waals surface area contributed by atoms with Crippen LogP contribution in [-0.4, -0.2) is 29.8 Å². The summed E-state index contributed by atoms with van der Waals surface area (Å²) in [6.07, 6.45) is 1.19. The van der Waals surface area contributed by atoms with Crippen LogP contribution in [0.4, 0.5) is 0 Å². The number of aliphatic imine (C=N–C) groups is 1.